The van der Waals surface area contributed by atoms with Crippen LogP contribution in [0.4, 0.5) is 5.69 Å². The van der Waals surface area contributed by atoms with Crippen molar-refractivity contribution in [3.63, 3.8) is 0 Å². The number of nitrogens with one attached hydrogen (secondary N) is 1. The van der Waals surface area contributed by atoms with Gasteiger partial charge in [0.05, 0.1) is 0 Å². The van der Waals surface area contributed by atoms with E-state index in [1.807, 2.05) is 72.2 Å². The Morgan fingerprint density at radius 2 is 1.82 bits per heavy atom. The van der Waals surface area contributed by atoms with Gasteiger partial charge in [-0.2, -0.15) is 0 Å². The molecule has 0 aliphatic rings. The molecule has 28 heavy (non-hydrogen) atoms. The Morgan fingerprint density at radius 1 is 1.00 bits per heavy atom. The Balaban J connectivity index is 1.56. The maximum Gasteiger partial charge on any atom is 0.224 e. The van der Waals surface area contributed by atoms with Gasteiger partial charge in [-0.05, 0) is 61.4 Å². The molecule has 1 N–H and O–H groups in total. The second-order valence-electron chi connectivity index (χ2n) is 6.89. The number of aryl methyl sites for hydroxylation is 3. The zero-order chi connectivity index (χ0) is 19.5. The number of rotatable bonds is 5. The Hall–Kier alpha value is -3.47. The fourth-order valence-electron chi connectivity index (χ4n) is 3.24. The van der Waals surface area contributed by atoms with Crippen LogP contribution in [0.5, 0.6) is 0 Å². The van der Waals surface area contributed by atoms with Crippen LogP contribution in [-0.2, 0) is 11.2 Å². The quantitative estimate of drug-likeness (QED) is 0.558. The number of imidazole rings is 1. The van der Waals surface area contributed by atoms with Gasteiger partial charge in [-0.3, -0.25) is 9.36 Å². The van der Waals surface area contributed by atoms with Gasteiger partial charge in [-0.1, -0.05) is 24.3 Å². The molecule has 0 fully saturated rings. The number of carbonyl (C=O) groups is 1. The number of fused-ring (bicyclic) bond motifs is 1. The molecule has 0 aliphatic heterocycles. The van der Waals surface area contributed by atoms with Crippen molar-refractivity contribution in [3.8, 4) is 5.69 Å². The summed E-state index contributed by atoms with van der Waals surface area (Å²) in [7, 11) is 0. The molecular formula is C23H22N4O. The predicted molar refractivity (Wildman–Crippen MR) is 112 cm³/mol. The first-order valence-electron chi connectivity index (χ1n) is 9.37. The van der Waals surface area contributed by atoms with E-state index in [9.17, 15) is 4.79 Å². The minimum atomic E-state index is -0.0251. The van der Waals surface area contributed by atoms with Gasteiger partial charge in [0.1, 0.15) is 11.3 Å². The van der Waals surface area contributed by atoms with E-state index in [1.165, 1.54) is 5.56 Å². The molecule has 0 saturated carbocycles. The Morgan fingerprint density at radius 3 is 2.61 bits per heavy atom. The van der Waals surface area contributed by atoms with Crippen molar-refractivity contribution in [2.75, 3.05) is 5.32 Å². The number of hydrogen-bond acceptors (Lipinski definition) is 3. The molecular weight excluding hydrogens is 348 g/mol. The molecule has 0 aliphatic carbocycles. The van der Waals surface area contributed by atoms with Gasteiger partial charge in [0.2, 0.25) is 5.91 Å². The molecule has 5 nitrogen and oxygen atoms in total. The van der Waals surface area contributed by atoms with Crippen LogP contribution in [0.25, 0.3) is 16.9 Å². The number of amides is 1. The summed E-state index contributed by atoms with van der Waals surface area (Å²) in [5, 5.41) is 2.98. The lowest BCUT2D eigenvalue weighted by molar-refractivity contribution is -0.116. The second-order valence-corrected chi connectivity index (χ2v) is 6.89. The third-order valence-electron chi connectivity index (χ3n) is 4.87. The predicted octanol–water partition coefficient (Wildman–Crippen LogP) is 4.61. The zero-order valence-corrected chi connectivity index (χ0v) is 16.0. The topological polar surface area (TPSA) is 59.8 Å². The maximum absolute atomic E-state index is 12.5. The number of carbonyl (C=O) groups excluding carboxylic acids is 1. The van der Waals surface area contributed by atoms with Crippen molar-refractivity contribution < 1.29 is 4.79 Å². The SMILES string of the molecule is Cc1ccc(NC(=O)CCc2nc3cccnc3n2-c2ccccc2)cc1C. The largest absolute Gasteiger partial charge is 0.326 e. The van der Waals surface area contributed by atoms with Crippen molar-refractivity contribution in [3.05, 3.63) is 83.8 Å². The molecule has 4 rings (SSSR count). The lowest BCUT2D eigenvalue weighted by atomic mass is 10.1. The molecule has 2 aromatic heterocycles. The van der Waals surface area contributed by atoms with E-state index in [-0.39, 0.29) is 5.91 Å². The molecule has 140 valence electrons. The summed E-state index contributed by atoms with van der Waals surface area (Å²) in [4.78, 5) is 21.7. The first-order valence-corrected chi connectivity index (χ1v) is 9.37. The van der Waals surface area contributed by atoms with E-state index in [1.54, 1.807) is 6.20 Å². The van der Waals surface area contributed by atoms with Crippen LogP contribution in [-0.4, -0.2) is 20.4 Å². The van der Waals surface area contributed by atoms with E-state index in [0.717, 1.165) is 33.9 Å². The van der Waals surface area contributed by atoms with Gasteiger partial charge in [0.15, 0.2) is 5.65 Å². The molecule has 0 atom stereocenters. The van der Waals surface area contributed by atoms with Crippen LogP contribution in [0.2, 0.25) is 0 Å². The number of anilines is 1. The molecule has 4 aromatic rings. The average molecular weight is 370 g/mol. The zero-order valence-electron chi connectivity index (χ0n) is 16.0. The Kier molecular flexibility index (Phi) is 4.89. The third kappa shape index (κ3) is 3.64. The average Bonchev–Trinajstić information content (AvgIpc) is 3.08. The number of para-hydroxylation sites is 1. The van der Waals surface area contributed by atoms with Crippen molar-refractivity contribution in [2.24, 2.45) is 0 Å². The summed E-state index contributed by atoms with van der Waals surface area (Å²) < 4.78 is 2.03. The van der Waals surface area contributed by atoms with Gasteiger partial charge in [0.25, 0.3) is 0 Å². The molecule has 1 amide bonds. The fraction of sp³-hybridized carbons (Fsp3) is 0.174. The lowest BCUT2D eigenvalue weighted by Gasteiger charge is -2.10. The molecule has 5 heteroatoms. The maximum atomic E-state index is 12.5. The molecule has 2 aromatic carbocycles. The van der Waals surface area contributed by atoms with Crippen molar-refractivity contribution in [2.45, 2.75) is 26.7 Å². The molecule has 2 heterocycles. The number of benzene rings is 2. The van der Waals surface area contributed by atoms with Crippen molar-refractivity contribution in [1.29, 1.82) is 0 Å². The van der Waals surface area contributed by atoms with Crippen LogP contribution >= 0.6 is 0 Å². The molecule has 0 saturated heterocycles. The van der Waals surface area contributed by atoms with Crippen LogP contribution in [0, 0.1) is 13.8 Å². The monoisotopic (exact) mass is 370 g/mol. The van der Waals surface area contributed by atoms with E-state index >= 15 is 0 Å². The number of nitrogens with zero attached hydrogens (tertiary/aromatic N) is 3. The number of aromatic nitrogens is 3. The van der Waals surface area contributed by atoms with Crippen LogP contribution in [0.15, 0.2) is 66.9 Å². The summed E-state index contributed by atoms with van der Waals surface area (Å²) in [6, 6.07) is 19.8. The summed E-state index contributed by atoms with van der Waals surface area (Å²) in [6.45, 7) is 4.10. The highest BCUT2D eigenvalue weighted by atomic mass is 16.1. The minimum Gasteiger partial charge on any atom is -0.326 e. The highest BCUT2D eigenvalue weighted by Gasteiger charge is 2.14. The second kappa shape index (κ2) is 7.64. The summed E-state index contributed by atoms with van der Waals surface area (Å²) in [5.41, 5.74) is 5.82. The first-order chi connectivity index (χ1) is 13.6. The summed E-state index contributed by atoms with van der Waals surface area (Å²) in [6.07, 6.45) is 2.64. The molecule has 0 bridgehead atoms. The van der Waals surface area contributed by atoms with Crippen LogP contribution in [0.3, 0.4) is 0 Å². The van der Waals surface area contributed by atoms with Gasteiger partial charge >= 0.3 is 0 Å². The van der Waals surface area contributed by atoms with E-state index in [0.29, 0.717) is 12.8 Å². The highest BCUT2D eigenvalue weighted by Crippen LogP contribution is 2.21. The van der Waals surface area contributed by atoms with Crippen molar-refractivity contribution >= 4 is 22.8 Å². The van der Waals surface area contributed by atoms with Crippen LogP contribution in [0.1, 0.15) is 23.4 Å². The normalized spacial score (nSPS) is 10.9. The van der Waals surface area contributed by atoms with E-state index < -0.39 is 0 Å². The van der Waals surface area contributed by atoms with Gasteiger partial charge < -0.3 is 5.32 Å². The minimum absolute atomic E-state index is 0.0251. The highest BCUT2D eigenvalue weighted by molar-refractivity contribution is 5.91. The standard InChI is InChI=1S/C23H22N4O/c1-16-10-11-18(15-17(16)2)25-22(28)13-12-21-26-20-9-6-14-24-23(20)27(21)19-7-4-3-5-8-19/h3-11,14-15H,12-13H2,1-2H3,(H,25,28). The van der Waals surface area contributed by atoms with Gasteiger partial charge in [-0.15, -0.1) is 0 Å². The molecule has 0 unspecified atom stereocenters. The molecule has 0 spiro atoms. The first kappa shape index (κ1) is 17.9. The van der Waals surface area contributed by atoms with Crippen LogP contribution < -0.4 is 5.32 Å². The Bertz CT molecular complexity index is 1130. The summed E-state index contributed by atoms with van der Waals surface area (Å²) >= 11 is 0. The van der Waals surface area contributed by atoms with Gasteiger partial charge in [-0.25, -0.2) is 9.97 Å². The fourth-order valence-corrected chi connectivity index (χ4v) is 3.24. The third-order valence-corrected chi connectivity index (χ3v) is 4.87. The van der Waals surface area contributed by atoms with Crippen molar-refractivity contribution in [1.82, 2.24) is 14.5 Å². The molecule has 0 radical (unpaired) electrons. The Labute approximate surface area is 164 Å². The number of hydrogen-bond donors (Lipinski definition) is 1. The van der Waals surface area contributed by atoms with E-state index in [4.69, 9.17) is 4.98 Å². The van der Waals surface area contributed by atoms with E-state index in [2.05, 4.69) is 17.2 Å². The number of pyridine rings is 1. The lowest BCUT2D eigenvalue weighted by Crippen LogP contribution is -2.14. The smallest absolute Gasteiger partial charge is 0.224 e. The summed E-state index contributed by atoms with van der Waals surface area (Å²) in [5.74, 6) is 0.804. The van der Waals surface area contributed by atoms with Gasteiger partial charge in [0, 0.05) is 30.4 Å².